The fourth-order valence-corrected chi connectivity index (χ4v) is 3.22. The van der Waals surface area contributed by atoms with E-state index >= 15 is 0 Å². The average molecular weight is 308 g/mol. The molecule has 0 N–H and O–H groups in total. The Morgan fingerprint density at radius 2 is 2.00 bits per heavy atom. The normalized spacial score (nSPS) is 13.9. The minimum atomic E-state index is -0.217. The van der Waals surface area contributed by atoms with Crippen molar-refractivity contribution in [2.24, 2.45) is 5.41 Å². The number of hydrogen-bond donors (Lipinski definition) is 0. The van der Waals surface area contributed by atoms with Crippen molar-refractivity contribution in [3.63, 3.8) is 0 Å². The summed E-state index contributed by atoms with van der Waals surface area (Å²) in [6.45, 7) is 6.51. The van der Waals surface area contributed by atoms with Crippen LogP contribution in [0.1, 0.15) is 32.8 Å². The molecule has 0 fully saturated rings. The van der Waals surface area contributed by atoms with Gasteiger partial charge in [0.05, 0.1) is 0 Å². The first kappa shape index (κ1) is 14.0. The summed E-state index contributed by atoms with van der Waals surface area (Å²) in [5, 5.41) is 0.512. The summed E-state index contributed by atoms with van der Waals surface area (Å²) in [6, 6.07) is 4.82. The van der Waals surface area contributed by atoms with Crippen molar-refractivity contribution in [1.82, 2.24) is 0 Å². The van der Waals surface area contributed by atoms with Crippen LogP contribution in [-0.2, 0) is 6.42 Å². The van der Waals surface area contributed by atoms with Gasteiger partial charge >= 0.3 is 0 Å². The highest BCUT2D eigenvalue weighted by atomic mass is 79.9. The van der Waals surface area contributed by atoms with E-state index in [-0.39, 0.29) is 16.1 Å². The van der Waals surface area contributed by atoms with Crippen molar-refractivity contribution in [3.05, 3.63) is 34.6 Å². The highest BCUT2D eigenvalue weighted by Gasteiger charge is 2.19. The third-order valence-corrected chi connectivity index (χ3v) is 3.32. The van der Waals surface area contributed by atoms with Crippen LogP contribution in [0.4, 0.5) is 4.39 Å². The smallest absolute Gasteiger partial charge is 0.127 e. The first-order chi connectivity index (χ1) is 7.29. The Balaban J connectivity index is 2.73. The predicted molar refractivity (Wildman–Crippen MR) is 71.9 cm³/mol. The maximum Gasteiger partial charge on any atom is 0.127 e. The molecule has 0 nitrogen and oxygen atoms in total. The molecule has 0 aliphatic carbocycles. The Morgan fingerprint density at radius 3 is 2.50 bits per heavy atom. The van der Waals surface area contributed by atoms with Crippen molar-refractivity contribution >= 4 is 27.5 Å². The zero-order chi connectivity index (χ0) is 12.3. The van der Waals surface area contributed by atoms with Crippen LogP contribution >= 0.6 is 27.5 Å². The van der Waals surface area contributed by atoms with Crippen LogP contribution < -0.4 is 0 Å². The second kappa shape index (κ2) is 5.50. The monoisotopic (exact) mass is 306 g/mol. The molecule has 0 aliphatic rings. The van der Waals surface area contributed by atoms with Crippen LogP contribution in [0.15, 0.2) is 18.2 Å². The molecule has 0 aromatic heterocycles. The van der Waals surface area contributed by atoms with E-state index < -0.39 is 0 Å². The predicted octanol–water partition coefficient (Wildman–Crippen LogP) is 5.22. The molecule has 0 aliphatic heterocycles. The lowest BCUT2D eigenvalue weighted by Crippen LogP contribution is -2.15. The summed E-state index contributed by atoms with van der Waals surface area (Å²) in [6.07, 6.45) is 1.61. The molecule has 0 saturated carbocycles. The van der Waals surface area contributed by atoms with Gasteiger partial charge in [-0.25, -0.2) is 4.39 Å². The first-order valence-electron chi connectivity index (χ1n) is 5.36. The van der Waals surface area contributed by atoms with E-state index in [9.17, 15) is 4.39 Å². The van der Waals surface area contributed by atoms with Gasteiger partial charge in [-0.3, -0.25) is 0 Å². The summed E-state index contributed by atoms with van der Waals surface area (Å²) in [4.78, 5) is 0.252. The number of halogens is 3. The Morgan fingerprint density at radius 1 is 1.38 bits per heavy atom. The third-order valence-electron chi connectivity index (χ3n) is 2.32. The van der Waals surface area contributed by atoms with E-state index in [2.05, 4.69) is 36.7 Å². The summed E-state index contributed by atoms with van der Waals surface area (Å²) in [5.41, 5.74) is 0.835. The molecule has 16 heavy (non-hydrogen) atoms. The minimum Gasteiger partial charge on any atom is -0.207 e. The zero-order valence-corrected chi connectivity index (χ0v) is 12.2. The summed E-state index contributed by atoms with van der Waals surface area (Å²) < 4.78 is 13.5. The maximum absolute atomic E-state index is 13.5. The molecule has 0 radical (unpaired) electrons. The highest BCUT2D eigenvalue weighted by molar-refractivity contribution is 9.09. The average Bonchev–Trinajstić information content (AvgIpc) is 2.08. The number of rotatable bonds is 3. The van der Waals surface area contributed by atoms with Crippen molar-refractivity contribution in [1.29, 1.82) is 0 Å². The van der Waals surface area contributed by atoms with Gasteiger partial charge in [0.1, 0.15) is 5.82 Å². The molecule has 0 saturated heterocycles. The topological polar surface area (TPSA) is 0 Å². The van der Waals surface area contributed by atoms with Gasteiger partial charge in [0.2, 0.25) is 0 Å². The van der Waals surface area contributed by atoms with Crippen molar-refractivity contribution < 1.29 is 4.39 Å². The molecule has 1 aromatic carbocycles. The van der Waals surface area contributed by atoms with Crippen LogP contribution in [0.2, 0.25) is 5.02 Å². The number of hydrogen-bond acceptors (Lipinski definition) is 0. The molecular formula is C13H17BrClF. The molecule has 90 valence electrons. The van der Waals surface area contributed by atoms with E-state index in [0.717, 1.165) is 6.42 Å². The van der Waals surface area contributed by atoms with Gasteiger partial charge in [-0.05, 0) is 30.4 Å². The van der Waals surface area contributed by atoms with Crippen molar-refractivity contribution in [3.8, 4) is 0 Å². The lowest BCUT2D eigenvalue weighted by atomic mass is 9.89. The summed E-state index contributed by atoms with van der Waals surface area (Å²) in [5.74, 6) is -0.217. The molecule has 1 aromatic rings. The van der Waals surface area contributed by atoms with Gasteiger partial charge in [0.25, 0.3) is 0 Å². The molecule has 0 amide bonds. The molecule has 1 atom stereocenters. The van der Waals surface area contributed by atoms with Crippen molar-refractivity contribution in [2.45, 2.75) is 38.4 Å². The molecule has 1 rings (SSSR count). The molecule has 0 bridgehead atoms. The second-order valence-corrected chi connectivity index (χ2v) is 6.97. The Hall–Kier alpha value is -0.0800. The quantitative estimate of drug-likeness (QED) is 0.671. The van der Waals surface area contributed by atoms with Crippen molar-refractivity contribution in [2.75, 3.05) is 0 Å². The molecular weight excluding hydrogens is 290 g/mol. The minimum absolute atomic E-state index is 0.217. The van der Waals surface area contributed by atoms with Gasteiger partial charge < -0.3 is 0 Å². The third kappa shape index (κ3) is 4.42. The summed E-state index contributed by atoms with van der Waals surface area (Å²) >= 11 is 9.58. The highest BCUT2D eigenvalue weighted by Crippen LogP contribution is 2.29. The Labute approximate surface area is 110 Å². The fraction of sp³-hybridized carbons (Fsp3) is 0.538. The van der Waals surface area contributed by atoms with Gasteiger partial charge in [-0.1, -0.05) is 54.4 Å². The SMILES string of the molecule is CC(C)(C)CC(Br)Cc1c(F)cccc1Cl. The standard InChI is InChI=1S/C13H17BrClF/c1-13(2,3)8-9(14)7-10-11(15)5-4-6-12(10)16/h4-6,9H,7-8H2,1-3H3. The van der Waals surface area contributed by atoms with E-state index in [0.29, 0.717) is 17.0 Å². The Kier molecular flexibility index (Phi) is 4.81. The molecule has 3 heteroatoms. The number of alkyl halides is 1. The van der Waals surface area contributed by atoms with E-state index in [1.54, 1.807) is 12.1 Å². The molecule has 0 heterocycles. The number of benzene rings is 1. The van der Waals surface area contributed by atoms with Crippen LogP contribution in [-0.4, -0.2) is 4.83 Å². The fourth-order valence-electron chi connectivity index (χ4n) is 1.69. The lowest BCUT2D eigenvalue weighted by Gasteiger charge is -2.22. The van der Waals surface area contributed by atoms with Gasteiger partial charge in [0, 0.05) is 15.4 Å². The Bertz CT molecular complexity index is 337. The zero-order valence-electron chi connectivity index (χ0n) is 9.86. The summed E-state index contributed by atoms with van der Waals surface area (Å²) in [7, 11) is 0. The van der Waals surface area contributed by atoms with Crippen LogP contribution in [0.25, 0.3) is 0 Å². The first-order valence-corrected chi connectivity index (χ1v) is 6.66. The molecule has 0 spiro atoms. The van der Waals surface area contributed by atoms with E-state index in [1.165, 1.54) is 6.07 Å². The van der Waals surface area contributed by atoms with Crippen LogP contribution in [0.3, 0.4) is 0 Å². The largest absolute Gasteiger partial charge is 0.207 e. The second-order valence-electron chi connectivity index (χ2n) is 5.27. The lowest BCUT2D eigenvalue weighted by molar-refractivity contribution is 0.372. The van der Waals surface area contributed by atoms with Gasteiger partial charge in [-0.2, -0.15) is 0 Å². The van der Waals surface area contributed by atoms with Crippen LogP contribution in [0, 0.1) is 11.2 Å². The van der Waals surface area contributed by atoms with Gasteiger partial charge in [-0.15, -0.1) is 0 Å². The van der Waals surface area contributed by atoms with E-state index in [4.69, 9.17) is 11.6 Å². The van der Waals surface area contributed by atoms with Gasteiger partial charge in [0.15, 0.2) is 0 Å². The van der Waals surface area contributed by atoms with Crippen LogP contribution in [0.5, 0.6) is 0 Å². The maximum atomic E-state index is 13.5. The van der Waals surface area contributed by atoms with E-state index in [1.807, 2.05) is 0 Å². The molecule has 1 unspecified atom stereocenters.